The van der Waals surface area contributed by atoms with Crippen LogP contribution in [-0.4, -0.2) is 43.8 Å². The van der Waals surface area contributed by atoms with Crippen LogP contribution in [0.4, 0.5) is 0 Å². The molecule has 1 aromatic heterocycles. The lowest BCUT2D eigenvalue weighted by Gasteiger charge is -2.17. The Morgan fingerprint density at radius 1 is 1.11 bits per heavy atom. The van der Waals surface area contributed by atoms with Crippen LogP contribution in [0.15, 0.2) is 47.6 Å². The smallest absolute Gasteiger partial charge is 0.233 e. The molecule has 0 aliphatic carbocycles. The molecule has 0 aliphatic rings. The molecule has 0 bridgehead atoms. The van der Waals surface area contributed by atoms with Crippen LogP contribution in [0, 0.1) is 20.8 Å². The van der Waals surface area contributed by atoms with Gasteiger partial charge in [0.1, 0.15) is 0 Å². The van der Waals surface area contributed by atoms with Gasteiger partial charge in [0.25, 0.3) is 0 Å². The first-order chi connectivity index (χ1) is 13.0. The Bertz CT molecular complexity index is 936. The molecular formula is C20H23N5OS. The Morgan fingerprint density at radius 2 is 1.85 bits per heavy atom. The number of thioether (sulfide) groups is 1. The molecule has 27 heavy (non-hydrogen) atoms. The molecule has 6 nitrogen and oxygen atoms in total. The fraction of sp³-hybridized carbons (Fsp3) is 0.300. The first-order valence-electron chi connectivity index (χ1n) is 8.73. The summed E-state index contributed by atoms with van der Waals surface area (Å²) in [7, 11) is 1.82. The van der Waals surface area contributed by atoms with E-state index in [1.54, 1.807) is 9.58 Å². The lowest BCUT2D eigenvalue weighted by Crippen LogP contribution is -2.27. The largest absolute Gasteiger partial charge is 0.341 e. The third kappa shape index (κ3) is 4.54. The second-order valence-electron chi connectivity index (χ2n) is 6.62. The highest BCUT2D eigenvalue weighted by molar-refractivity contribution is 7.99. The Hall–Kier alpha value is -2.67. The van der Waals surface area contributed by atoms with E-state index in [0.29, 0.717) is 11.7 Å². The topological polar surface area (TPSA) is 63.9 Å². The minimum Gasteiger partial charge on any atom is -0.341 e. The summed E-state index contributed by atoms with van der Waals surface area (Å²) in [6, 6.07) is 14.2. The number of rotatable bonds is 6. The third-order valence-electron chi connectivity index (χ3n) is 4.54. The summed E-state index contributed by atoms with van der Waals surface area (Å²) in [4.78, 5) is 14.2. The molecule has 0 N–H and O–H groups in total. The maximum absolute atomic E-state index is 12.5. The van der Waals surface area contributed by atoms with Crippen molar-refractivity contribution in [2.24, 2.45) is 0 Å². The summed E-state index contributed by atoms with van der Waals surface area (Å²) in [6.07, 6.45) is 0. The lowest BCUT2D eigenvalue weighted by molar-refractivity contribution is -0.127. The summed E-state index contributed by atoms with van der Waals surface area (Å²) in [6.45, 7) is 6.73. The van der Waals surface area contributed by atoms with Crippen LogP contribution >= 0.6 is 11.8 Å². The van der Waals surface area contributed by atoms with Crippen molar-refractivity contribution in [2.45, 2.75) is 32.5 Å². The molecule has 0 atom stereocenters. The molecule has 2 aromatic carbocycles. The van der Waals surface area contributed by atoms with Gasteiger partial charge in [-0.15, -0.1) is 5.10 Å². The van der Waals surface area contributed by atoms with Gasteiger partial charge in [0, 0.05) is 13.6 Å². The number of carbonyl (C=O) groups is 1. The molecule has 1 heterocycles. The number of nitrogens with zero attached hydrogens (tertiary/aromatic N) is 5. The van der Waals surface area contributed by atoms with E-state index in [-0.39, 0.29) is 11.7 Å². The van der Waals surface area contributed by atoms with Crippen molar-refractivity contribution in [1.82, 2.24) is 25.1 Å². The zero-order chi connectivity index (χ0) is 19.4. The average molecular weight is 382 g/mol. The van der Waals surface area contributed by atoms with Gasteiger partial charge in [-0.1, -0.05) is 53.7 Å². The number of aromatic nitrogens is 4. The summed E-state index contributed by atoms with van der Waals surface area (Å²) in [5.41, 5.74) is 5.55. The van der Waals surface area contributed by atoms with Crippen LogP contribution in [-0.2, 0) is 11.3 Å². The number of tetrazole rings is 1. The number of amides is 1. The number of hydrogen-bond donors (Lipinski definition) is 0. The minimum absolute atomic E-state index is 0.0380. The molecule has 0 saturated carbocycles. The Morgan fingerprint density at radius 3 is 2.59 bits per heavy atom. The van der Waals surface area contributed by atoms with Gasteiger partial charge in [0.05, 0.1) is 11.4 Å². The monoisotopic (exact) mass is 381 g/mol. The molecule has 3 rings (SSSR count). The molecule has 0 radical (unpaired) electrons. The Labute approximate surface area is 163 Å². The SMILES string of the molecule is Cc1ccc(CN(C)C(=O)CSc2nnnn2-c2cccc(C)c2C)cc1. The number of carbonyl (C=O) groups excluding carboxylic acids is 1. The summed E-state index contributed by atoms with van der Waals surface area (Å²) < 4.78 is 1.69. The van der Waals surface area contributed by atoms with Crippen LogP contribution in [0.3, 0.4) is 0 Å². The maximum atomic E-state index is 12.5. The van der Waals surface area contributed by atoms with Crippen LogP contribution in [0.25, 0.3) is 5.69 Å². The van der Waals surface area contributed by atoms with E-state index in [4.69, 9.17) is 0 Å². The van der Waals surface area contributed by atoms with Crippen molar-refractivity contribution in [3.63, 3.8) is 0 Å². The summed E-state index contributed by atoms with van der Waals surface area (Å²) in [5.74, 6) is 0.323. The van der Waals surface area contributed by atoms with Gasteiger partial charge in [-0.05, 0) is 54.0 Å². The van der Waals surface area contributed by atoms with Gasteiger partial charge >= 0.3 is 0 Å². The van der Waals surface area contributed by atoms with E-state index in [9.17, 15) is 4.79 Å². The quantitative estimate of drug-likeness (QED) is 0.613. The molecule has 1 amide bonds. The van der Waals surface area contributed by atoms with Crippen molar-refractivity contribution in [2.75, 3.05) is 12.8 Å². The Kier molecular flexibility index (Phi) is 5.91. The van der Waals surface area contributed by atoms with E-state index in [2.05, 4.69) is 47.6 Å². The normalized spacial score (nSPS) is 10.8. The molecule has 0 spiro atoms. The minimum atomic E-state index is 0.0380. The van der Waals surface area contributed by atoms with Gasteiger partial charge in [-0.25, -0.2) is 0 Å². The van der Waals surface area contributed by atoms with E-state index in [1.807, 2.05) is 38.2 Å². The zero-order valence-electron chi connectivity index (χ0n) is 16.0. The van der Waals surface area contributed by atoms with Gasteiger partial charge in [-0.2, -0.15) is 4.68 Å². The van der Waals surface area contributed by atoms with Crippen molar-refractivity contribution in [1.29, 1.82) is 0 Å². The van der Waals surface area contributed by atoms with E-state index in [0.717, 1.165) is 16.8 Å². The highest BCUT2D eigenvalue weighted by atomic mass is 32.2. The van der Waals surface area contributed by atoms with Crippen molar-refractivity contribution in [3.05, 3.63) is 64.7 Å². The highest BCUT2D eigenvalue weighted by Gasteiger charge is 2.15. The molecule has 0 unspecified atom stereocenters. The number of hydrogen-bond acceptors (Lipinski definition) is 5. The third-order valence-corrected chi connectivity index (χ3v) is 5.44. The molecule has 0 aliphatic heterocycles. The molecule has 140 valence electrons. The fourth-order valence-electron chi connectivity index (χ4n) is 2.68. The molecular weight excluding hydrogens is 358 g/mol. The van der Waals surface area contributed by atoms with Crippen LogP contribution in [0.2, 0.25) is 0 Å². The Balaban J connectivity index is 1.65. The van der Waals surface area contributed by atoms with Crippen LogP contribution in [0.1, 0.15) is 22.3 Å². The summed E-state index contributed by atoms with van der Waals surface area (Å²) in [5, 5.41) is 12.6. The second-order valence-corrected chi connectivity index (χ2v) is 7.56. The molecule has 7 heteroatoms. The maximum Gasteiger partial charge on any atom is 0.233 e. The van der Waals surface area contributed by atoms with Gasteiger partial charge < -0.3 is 4.90 Å². The van der Waals surface area contributed by atoms with E-state index < -0.39 is 0 Å². The highest BCUT2D eigenvalue weighted by Crippen LogP contribution is 2.22. The number of benzene rings is 2. The summed E-state index contributed by atoms with van der Waals surface area (Å²) >= 11 is 1.35. The average Bonchev–Trinajstić information content (AvgIpc) is 3.12. The van der Waals surface area contributed by atoms with Crippen LogP contribution in [0.5, 0.6) is 0 Å². The first-order valence-corrected chi connectivity index (χ1v) is 9.71. The second kappa shape index (κ2) is 8.35. The van der Waals surface area contributed by atoms with Gasteiger partial charge in [0.15, 0.2) is 0 Å². The molecule has 0 fully saturated rings. The lowest BCUT2D eigenvalue weighted by atomic mass is 10.1. The fourth-order valence-corrected chi connectivity index (χ4v) is 3.50. The van der Waals surface area contributed by atoms with Gasteiger partial charge in [0.2, 0.25) is 11.1 Å². The standard InChI is InChI=1S/C20H23N5OS/c1-14-8-10-17(11-9-14)12-24(4)19(26)13-27-20-21-22-23-25(20)18-7-5-6-15(2)16(18)3/h5-11H,12-13H2,1-4H3. The predicted octanol–water partition coefficient (Wildman–Crippen LogP) is 3.34. The van der Waals surface area contributed by atoms with Crippen molar-refractivity contribution in [3.8, 4) is 5.69 Å². The zero-order valence-corrected chi connectivity index (χ0v) is 16.8. The predicted molar refractivity (Wildman–Crippen MR) is 107 cm³/mol. The van der Waals surface area contributed by atoms with E-state index in [1.165, 1.54) is 22.9 Å². The molecule has 0 saturated heterocycles. The van der Waals surface area contributed by atoms with Crippen molar-refractivity contribution < 1.29 is 4.79 Å². The van der Waals surface area contributed by atoms with Crippen molar-refractivity contribution >= 4 is 17.7 Å². The van der Waals surface area contributed by atoms with E-state index >= 15 is 0 Å². The van der Waals surface area contributed by atoms with Gasteiger partial charge in [-0.3, -0.25) is 4.79 Å². The van der Waals surface area contributed by atoms with Crippen LogP contribution < -0.4 is 0 Å². The molecule has 3 aromatic rings. The number of aryl methyl sites for hydroxylation is 2. The first kappa shape index (κ1) is 19.1.